The minimum atomic E-state index is -0.555. The fourth-order valence-electron chi connectivity index (χ4n) is 2.88. The molecule has 3 aromatic carbocycles. The number of hydrogen-bond donors (Lipinski definition) is 2. The average Bonchev–Trinajstić information content (AvgIpc) is 3.31. The number of rotatable bonds is 8. The van der Waals surface area contributed by atoms with E-state index in [1.165, 1.54) is 12.3 Å². The van der Waals surface area contributed by atoms with Crippen LogP contribution in [0.15, 0.2) is 71.8 Å². The summed E-state index contributed by atoms with van der Waals surface area (Å²) < 4.78 is 21.2. The van der Waals surface area contributed by atoms with Crippen LogP contribution in [0.3, 0.4) is 0 Å². The average molecular weight is 448 g/mol. The summed E-state index contributed by atoms with van der Waals surface area (Å²) in [5.74, 6) is 0.543. The van der Waals surface area contributed by atoms with Crippen molar-refractivity contribution in [2.75, 3.05) is 18.9 Å². The van der Waals surface area contributed by atoms with Gasteiger partial charge in [-0.15, -0.1) is 0 Å². The van der Waals surface area contributed by atoms with Crippen LogP contribution in [-0.4, -0.2) is 31.5 Å². The molecule has 0 saturated carbocycles. The third-order valence-electron chi connectivity index (χ3n) is 4.44. The summed E-state index contributed by atoms with van der Waals surface area (Å²) in [4.78, 5) is 24.3. The van der Waals surface area contributed by atoms with Crippen molar-refractivity contribution >= 4 is 23.8 Å². The molecule has 1 amide bonds. The number of hydrogen-bond acceptors (Lipinski definition) is 9. The second-order valence-corrected chi connectivity index (χ2v) is 6.71. The molecule has 0 saturated heterocycles. The Balaban J connectivity index is 1.30. The van der Waals surface area contributed by atoms with Crippen molar-refractivity contribution < 1.29 is 28.5 Å². The maximum atomic E-state index is 12.4. The second kappa shape index (κ2) is 10.2. The van der Waals surface area contributed by atoms with E-state index in [4.69, 9.17) is 18.9 Å². The number of benzene rings is 3. The van der Waals surface area contributed by atoms with Crippen molar-refractivity contribution in [3.05, 3.63) is 83.1 Å². The molecule has 10 heteroatoms. The second-order valence-electron chi connectivity index (χ2n) is 6.71. The molecule has 0 bridgehead atoms. The summed E-state index contributed by atoms with van der Waals surface area (Å²) in [5.41, 5.74) is 5.20. The number of nitrogens with zero attached hydrogens (tertiary/aromatic N) is 1. The zero-order valence-corrected chi connectivity index (χ0v) is 17.1. The smallest absolute Gasteiger partial charge is 0.343 e. The number of fused-ring (bicyclic) bond motifs is 1. The molecule has 1 aliphatic rings. The van der Waals surface area contributed by atoms with Crippen LogP contribution in [0.2, 0.25) is 0 Å². The molecule has 0 atom stereocenters. The van der Waals surface area contributed by atoms with Crippen LogP contribution in [0.5, 0.6) is 23.0 Å². The van der Waals surface area contributed by atoms with Gasteiger partial charge in [0.2, 0.25) is 6.79 Å². The lowest BCUT2D eigenvalue weighted by Gasteiger charge is -2.14. The number of nitrogens with one attached hydrogen (secondary N) is 2. The normalized spacial score (nSPS) is 11.8. The van der Waals surface area contributed by atoms with Gasteiger partial charge in [0.25, 0.3) is 5.91 Å². The molecular formula is C23H18N3O7-. The molecule has 2 N–H and O–H groups in total. The summed E-state index contributed by atoms with van der Waals surface area (Å²) in [7, 11) is 0. The van der Waals surface area contributed by atoms with Gasteiger partial charge in [0.05, 0.1) is 17.5 Å². The highest BCUT2D eigenvalue weighted by Gasteiger charge is 2.17. The van der Waals surface area contributed by atoms with Crippen LogP contribution >= 0.6 is 0 Å². The number of ether oxygens (including phenoxy) is 4. The maximum absolute atomic E-state index is 12.4. The summed E-state index contributed by atoms with van der Waals surface area (Å²) in [6.45, 7) is -0.217. The Hall–Kier alpha value is -4.57. The summed E-state index contributed by atoms with van der Waals surface area (Å²) in [6, 6.07) is 17.8. The SMILES string of the molecule is O=C(COc1ccccc1N[O-])N/N=C/c1cccc(OC(=O)c2ccc3c(c2)OCO3)c1. The van der Waals surface area contributed by atoms with Crippen molar-refractivity contribution in [1.29, 1.82) is 0 Å². The Morgan fingerprint density at radius 1 is 1.03 bits per heavy atom. The van der Waals surface area contributed by atoms with Gasteiger partial charge < -0.3 is 29.6 Å². The number of carbonyl (C=O) groups excluding carboxylic acids is 2. The van der Waals surface area contributed by atoms with Gasteiger partial charge in [-0.3, -0.25) is 4.79 Å². The maximum Gasteiger partial charge on any atom is 0.343 e. The third kappa shape index (κ3) is 5.57. The fourth-order valence-corrected chi connectivity index (χ4v) is 2.88. The molecule has 0 fully saturated rings. The van der Waals surface area contributed by atoms with Gasteiger partial charge >= 0.3 is 5.97 Å². The first-order valence-corrected chi connectivity index (χ1v) is 9.76. The Labute approximate surface area is 188 Å². The third-order valence-corrected chi connectivity index (χ3v) is 4.44. The topological polar surface area (TPSA) is 131 Å². The van der Waals surface area contributed by atoms with Crippen molar-refractivity contribution in [2.45, 2.75) is 0 Å². The Morgan fingerprint density at radius 2 is 1.88 bits per heavy atom. The molecular weight excluding hydrogens is 430 g/mol. The minimum absolute atomic E-state index is 0.114. The van der Waals surface area contributed by atoms with Crippen molar-refractivity contribution in [3.8, 4) is 23.0 Å². The molecule has 3 aromatic rings. The van der Waals surface area contributed by atoms with Gasteiger partial charge in [0.15, 0.2) is 18.1 Å². The van der Waals surface area contributed by atoms with Crippen LogP contribution in [0, 0.1) is 5.21 Å². The lowest BCUT2D eigenvalue weighted by atomic mass is 10.2. The van der Waals surface area contributed by atoms with E-state index in [9.17, 15) is 14.8 Å². The van der Waals surface area contributed by atoms with Crippen LogP contribution in [0.1, 0.15) is 15.9 Å². The zero-order chi connectivity index (χ0) is 23.0. The lowest BCUT2D eigenvalue weighted by molar-refractivity contribution is -0.123. The van der Waals surface area contributed by atoms with E-state index in [1.807, 2.05) is 0 Å². The summed E-state index contributed by atoms with van der Waals surface area (Å²) >= 11 is 0. The molecule has 0 aliphatic carbocycles. The van der Waals surface area contributed by atoms with E-state index in [1.54, 1.807) is 66.1 Å². The molecule has 0 unspecified atom stereocenters. The minimum Gasteiger partial charge on any atom is -0.761 e. The predicted octanol–water partition coefficient (Wildman–Crippen LogP) is 3.07. The zero-order valence-electron chi connectivity index (χ0n) is 17.1. The van der Waals surface area contributed by atoms with Gasteiger partial charge in [-0.2, -0.15) is 5.10 Å². The predicted molar refractivity (Wildman–Crippen MR) is 119 cm³/mol. The van der Waals surface area contributed by atoms with Crippen LogP contribution in [-0.2, 0) is 4.79 Å². The fraction of sp³-hybridized carbons (Fsp3) is 0.0870. The highest BCUT2D eigenvalue weighted by atomic mass is 16.7. The Morgan fingerprint density at radius 3 is 2.76 bits per heavy atom. The Bertz CT molecular complexity index is 1200. The van der Waals surface area contributed by atoms with Crippen molar-refractivity contribution in [2.24, 2.45) is 5.10 Å². The number of para-hydroxylation sites is 2. The van der Waals surface area contributed by atoms with E-state index in [0.717, 1.165) is 0 Å². The molecule has 1 heterocycles. The van der Waals surface area contributed by atoms with Gasteiger partial charge in [0.1, 0.15) is 11.5 Å². The van der Waals surface area contributed by atoms with Gasteiger partial charge in [-0.1, -0.05) is 24.3 Å². The summed E-state index contributed by atoms with van der Waals surface area (Å²) in [6.07, 6.45) is 1.39. The number of esters is 1. The molecule has 4 rings (SSSR count). The molecule has 0 aromatic heterocycles. The monoisotopic (exact) mass is 448 g/mol. The highest BCUT2D eigenvalue weighted by Crippen LogP contribution is 2.32. The van der Waals surface area contributed by atoms with E-state index in [-0.39, 0.29) is 24.8 Å². The van der Waals surface area contributed by atoms with Crippen LogP contribution in [0.4, 0.5) is 5.69 Å². The van der Waals surface area contributed by atoms with Gasteiger partial charge in [-0.05, 0) is 48.0 Å². The number of amides is 1. The van der Waals surface area contributed by atoms with Crippen molar-refractivity contribution in [3.63, 3.8) is 0 Å². The molecule has 1 aliphatic heterocycles. The quantitative estimate of drug-likeness (QED) is 0.233. The van der Waals surface area contributed by atoms with Gasteiger partial charge in [0, 0.05) is 0 Å². The van der Waals surface area contributed by atoms with E-state index < -0.39 is 11.9 Å². The first-order chi connectivity index (χ1) is 16.1. The van der Waals surface area contributed by atoms with E-state index in [2.05, 4.69) is 10.5 Å². The number of hydrazone groups is 1. The van der Waals surface area contributed by atoms with Crippen LogP contribution < -0.4 is 29.9 Å². The largest absolute Gasteiger partial charge is 0.761 e. The van der Waals surface area contributed by atoms with E-state index >= 15 is 0 Å². The molecule has 33 heavy (non-hydrogen) atoms. The number of anilines is 1. The van der Waals surface area contributed by atoms with E-state index in [0.29, 0.717) is 28.4 Å². The molecule has 0 spiro atoms. The standard InChI is InChI=1S/C23H18N3O7/c27-22(13-30-19-7-2-1-6-18(19)26-29)25-24-12-15-4-3-5-17(10-15)33-23(28)16-8-9-20-21(11-16)32-14-31-20/h1-12,26H,13-14H2,(H,25,27)/q-1/b24-12+. The Kier molecular flexibility index (Phi) is 6.67. The lowest BCUT2D eigenvalue weighted by Crippen LogP contribution is -2.24. The van der Waals surface area contributed by atoms with Crippen LogP contribution in [0.25, 0.3) is 0 Å². The first-order valence-electron chi connectivity index (χ1n) is 9.76. The van der Waals surface area contributed by atoms with Crippen molar-refractivity contribution in [1.82, 2.24) is 5.43 Å². The van der Waals surface area contributed by atoms with Gasteiger partial charge in [-0.25, -0.2) is 10.2 Å². The molecule has 168 valence electrons. The number of carbonyl (C=O) groups is 2. The highest BCUT2D eigenvalue weighted by molar-refractivity contribution is 5.92. The molecule has 10 nitrogen and oxygen atoms in total. The first kappa shape index (κ1) is 21.7. The summed E-state index contributed by atoms with van der Waals surface area (Å²) in [5, 5.41) is 14.7. The molecule has 0 radical (unpaired) electrons.